The van der Waals surface area contributed by atoms with Crippen LogP contribution in [0.4, 0.5) is 0 Å². The van der Waals surface area contributed by atoms with Crippen molar-refractivity contribution in [3.05, 3.63) is 34.9 Å². The van der Waals surface area contributed by atoms with Crippen LogP contribution in [0.1, 0.15) is 313 Å². The maximum absolute atomic E-state index is 12.1. The van der Waals surface area contributed by atoms with E-state index in [-0.39, 0.29) is 147 Å². The second-order valence-electron chi connectivity index (χ2n) is 34.7. The van der Waals surface area contributed by atoms with Gasteiger partial charge in [0.15, 0.2) is 0 Å². The number of carbonyl (C=O) groups excluding carboxylic acids is 7. The third kappa shape index (κ3) is 24.4. The molecule has 5 saturated carbocycles. The van der Waals surface area contributed by atoms with E-state index in [9.17, 15) is 33.6 Å². The highest BCUT2D eigenvalue weighted by Crippen LogP contribution is 2.57. The number of esters is 7. The molecule has 2 heterocycles. The highest BCUT2D eigenvalue weighted by atomic mass is 16.6. The van der Waals surface area contributed by atoms with E-state index >= 15 is 0 Å². The van der Waals surface area contributed by atoms with Crippen molar-refractivity contribution in [2.75, 3.05) is 0 Å². The summed E-state index contributed by atoms with van der Waals surface area (Å²) >= 11 is 0. The largest absolute Gasteiger partial charge is 0.463 e. The molecule has 14 heteroatoms. The number of fused-ring (bicyclic) bond motifs is 2. The fraction of sp³-hybridized carbons (Fsp3) is 0.840. The first-order valence-electron chi connectivity index (χ1n) is 37.3. The zero-order valence-corrected chi connectivity index (χ0v) is 65.4. The van der Waals surface area contributed by atoms with Crippen LogP contribution in [0.5, 0.6) is 0 Å². The molecule has 0 spiro atoms. The zero-order valence-electron chi connectivity index (χ0n) is 65.4. The summed E-state index contributed by atoms with van der Waals surface area (Å²) in [6, 6.07) is 7.21. The van der Waals surface area contributed by atoms with Gasteiger partial charge in [0, 0.05) is 23.7 Å². The molecule has 18 unspecified atom stereocenters. The Morgan fingerprint density at radius 2 is 0.789 bits per heavy atom. The molecule has 7 fully saturated rings. The molecular weight excluding hydrogens is 1200 g/mol. The van der Waals surface area contributed by atoms with Crippen LogP contribution < -0.4 is 0 Å². The van der Waals surface area contributed by atoms with Gasteiger partial charge in [-0.15, -0.1) is 0 Å². The third-order valence-corrected chi connectivity index (χ3v) is 22.3. The van der Waals surface area contributed by atoms with E-state index in [1.54, 1.807) is 0 Å². The molecule has 4 bridgehead atoms. The molecule has 1 aromatic rings. The molecule has 0 radical (unpaired) electrons. The molecule has 8 rings (SSSR count). The second-order valence-corrected chi connectivity index (χ2v) is 34.7. The summed E-state index contributed by atoms with van der Waals surface area (Å²) in [6.45, 7) is 61.4. The van der Waals surface area contributed by atoms with Crippen molar-refractivity contribution in [1.82, 2.24) is 0 Å². The fourth-order valence-electron chi connectivity index (χ4n) is 13.4. The quantitative estimate of drug-likeness (QED) is 0.0999. The zero-order chi connectivity index (χ0) is 72.8. The number of carbonyl (C=O) groups is 7. The molecule has 0 aromatic heterocycles. The predicted octanol–water partition coefficient (Wildman–Crippen LogP) is 19.0. The van der Waals surface area contributed by atoms with Gasteiger partial charge in [0.05, 0.1) is 47.5 Å². The van der Waals surface area contributed by atoms with Gasteiger partial charge in [-0.1, -0.05) is 191 Å². The van der Waals surface area contributed by atoms with Gasteiger partial charge in [-0.05, 0) is 174 Å². The number of ether oxygens (including phenoxy) is 7. The molecule has 1 aromatic carbocycles. The number of hydrogen-bond donors (Lipinski definition) is 0. The Morgan fingerprint density at radius 3 is 1.11 bits per heavy atom. The number of rotatable bonds is 18. The summed E-state index contributed by atoms with van der Waals surface area (Å²) in [4.78, 5) is 81.1. The second kappa shape index (κ2) is 36.0. The summed E-state index contributed by atoms with van der Waals surface area (Å²) < 4.78 is 37.9. The molecule has 5 aliphatic carbocycles. The Hall–Kier alpha value is -4.49. The first kappa shape index (κ1) is 84.7. The van der Waals surface area contributed by atoms with Gasteiger partial charge in [0.25, 0.3) is 0 Å². The van der Waals surface area contributed by atoms with E-state index in [0.29, 0.717) is 41.4 Å². The van der Waals surface area contributed by atoms with E-state index in [0.717, 1.165) is 77.0 Å². The molecule has 18 atom stereocenters. The van der Waals surface area contributed by atoms with Crippen LogP contribution in [0.2, 0.25) is 0 Å². The molecular formula is C81H138O14. The van der Waals surface area contributed by atoms with Crippen molar-refractivity contribution < 1.29 is 66.7 Å². The van der Waals surface area contributed by atoms with Gasteiger partial charge in [0.2, 0.25) is 0 Å². The lowest BCUT2D eigenvalue weighted by Gasteiger charge is -2.45. The van der Waals surface area contributed by atoms with Crippen molar-refractivity contribution in [2.24, 2.45) is 87.8 Å². The Balaban J connectivity index is 0.000000301. The Morgan fingerprint density at radius 1 is 0.442 bits per heavy atom. The van der Waals surface area contributed by atoms with Crippen molar-refractivity contribution in [1.29, 1.82) is 0 Å². The normalized spacial score (nSPS) is 28.0. The molecule has 14 nitrogen and oxygen atoms in total. The summed E-state index contributed by atoms with van der Waals surface area (Å²) in [5.74, 6) is 2.70. The molecule has 0 N–H and O–H groups in total. The fourth-order valence-corrected chi connectivity index (χ4v) is 13.4. The van der Waals surface area contributed by atoms with Crippen LogP contribution in [-0.2, 0) is 77.5 Å². The summed E-state index contributed by atoms with van der Waals surface area (Å²) in [5.41, 5.74) is 5.13. The first-order valence-corrected chi connectivity index (χ1v) is 37.3. The van der Waals surface area contributed by atoms with Crippen molar-refractivity contribution >= 4 is 41.8 Å². The van der Waals surface area contributed by atoms with Crippen LogP contribution in [0.25, 0.3) is 0 Å². The Labute approximate surface area is 578 Å². The summed E-state index contributed by atoms with van der Waals surface area (Å²) in [6.07, 6.45) is 12.6. The SMILES string of the molecule is CCC(C)C(=O)OC(C)(C)CC.CCC(C)C(=O)OC(C)C.CCC(C)C(=O)OC1C2CC3C(=O)OC1C3C2.CCC(C)C(=O)OC1C2CC3C(=O)OC1C3C2.CCC(C)C(=O)OC1CC(C(C)(C)C)CC(C(C)(C)C)C1.CCC(C)c1cc(C(C)(C)C)cc(C(C)(C)C)c1. The average Bonchev–Trinajstić information content (AvgIpc) is 1.59. The van der Waals surface area contributed by atoms with Gasteiger partial charge >= 0.3 is 41.8 Å². The minimum Gasteiger partial charge on any atom is -0.463 e. The predicted molar refractivity (Wildman–Crippen MR) is 380 cm³/mol. The standard InChI is InChI=1S/C19H36O2.C18H30.2C13H18O4.C10H20O2.C8H16O2/c1-9-13(2)17(20)21-16-11-14(18(3,4)5)10-15(12-16)19(6,7)8;1-9-13(2)14-10-15(17(3,4)5)12-16(11-14)18(6,7)8;2*1-3-6(2)12(14)16-10-7-4-8-9(5-7)13(15)17-11(8)10;1-6-8(3)9(11)12-10(4,5)7-2;1-5-7(4)8(9)10-6(2)3/h13-16H,9-12H2,1-8H3;10-13H,9H2,1-8H3;2*6-11H,3-5H2,1-2H3;8H,6-7H2,1-5H3;6-7H,5H2,1-4H3. The molecule has 7 aliphatic rings. The van der Waals surface area contributed by atoms with Crippen LogP contribution in [0.3, 0.4) is 0 Å². The van der Waals surface area contributed by atoms with Crippen molar-refractivity contribution in [3.8, 4) is 0 Å². The molecule has 2 saturated heterocycles. The molecule has 0 amide bonds. The van der Waals surface area contributed by atoms with Gasteiger partial charge in [-0.3, -0.25) is 33.6 Å². The monoisotopic (exact) mass is 1340 g/mol. The van der Waals surface area contributed by atoms with Crippen LogP contribution >= 0.6 is 0 Å². The first-order chi connectivity index (χ1) is 43.7. The van der Waals surface area contributed by atoms with Gasteiger partial charge in [0.1, 0.15) is 36.1 Å². The lowest BCUT2D eigenvalue weighted by molar-refractivity contribution is -0.165. The van der Waals surface area contributed by atoms with E-state index in [1.807, 2.05) is 104 Å². The smallest absolute Gasteiger partial charge is 0.309 e. The van der Waals surface area contributed by atoms with Crippen LogP contribution in [0, 0.1) is 87.8 Å². The number of benzene rings is 1. The molecule has 2 aliphatic heterocycles. The van der Waals surface area contributed by atoms with Crippen molar-refractivity contribution in [3.63, 3.8) is 0 Å². The minimum absolute atomic E-state index is 0.00952. The minimum atomic E-state index is -0.305. The number of hydrogen-bond acceptors (Lipinski definition) is 14. The third-order valence-electron chi connectivity index (χ3n) is 22.3. The highest BCUT2D eigenvalue weighted by Gasteiger charge is 2.64. The van der Waals surface area contributed by atoms with Gasteiger partial charge in [-0.25, -0.2) is 0 Å². The highest BCUT2D eigenvalue weighted by molar-refractivity contribution is 5.78. The summed E-state index contributed by atoms with van der Waals surface area (Å²) in [7, 11) is 0. The maximum atomic E-state index is 12.1. The van der Waals surface area contributed by atoms with Gasteiger partial charge in [-0.2, -0.15) is 0 Å². The van der Waals surface area contributed by atoms with Crippen molar-refractivity contribution in [2.45, 2.75) is 350 Å². The Kier molecular flexibility index (Phi) is 32.1. The van der Waals surface area contributed by atoms with Gasteiger partial charge < -0.3 is 33.2 Å². The molecule has 546 valence electrons. The topological polar surface area (TPSA) is 184 Å². The average molecular weight is 1340 g/mol. The van der Waals surface area contributed by atoms with E-state index in [2.05, 4.69) is 115 Å². The molecule has 95 heavy (non-hydrogen) atoms. The van der Waals surface area contributed by atoms with E-state index in [4.69, 9.17) is 33.2 Å². The van der Waals surface area contributed by atoms with Crippen LogP contribution in [0.15, 0.2) is 18.2 Å². The lowest BCUT2D eigenvalue weighted by Crippen LogP contribution is -2.40. The van der Waals surface area contributed by atoms with Crippen LogP contribution in [-0.4, -0.2) is 84.0 Å². The lowest BCUT2D eigenvalue weighted by atomic mass is 9.62. The maximum Gasteiger partial charge on any atom is 0.309 e. The Bertz CT molecular complexity index is 2500. The van der Waals surface area contributed by atoms with E-state index < -0.39 is 0 Å². The summed E-state index contributed by atoms with van der Waals surface area (Å²) in [5, 5.41) is 0. The van der Waals surface area contributed by atoms with E-state index in [1.165, 1.54) is 29.5 Å².